The van der Waals surface area contributed by atoms with Crippen molar-refractivity contribution in [2.75, 3.05) is 72.4 Å². The van der Waals surface area contributed by atoms with E-state index >= 15 is 0 Å². The summed E-state index contributed by atoms with van der Waals surface area (Å²) in [5.41, 5.74) is 2.21. The highest BCUT2D eigenvalue weighted by atomic mass is 16.5. The van der Waals surface area contributed by atoms with Gasteiger partial charge in [0.1, 0.15) is 5.75 Å². The standard InChI is InChI=1S/C31H50N4O7/c1-31(2,3)8-14-39-16-18-41-19-17-40-15-12-35-23-26-21-27(42-13-5-11-34-30-32-9-4-10-33-30)7-6-24(26)20-25(29(35)38)22-28(36)37/h6-7,21,25H,4-5,8-20,22-23H2,1-3H3,(H,36,37)(H2,32,33,34)/t25-/m0/s1. The maximum atomic E-state index is 13.3. The Morgan fingerprint density at radius 1 is 1.07 bits per heavy atom. The highest BCUT2D eigenvalue weighted by Crippen LogP contribution is 2.28. The van der Waals surface area contributed by atoms with E-state index in [0.717, 1.165) is 68.3 Å². The first-order valence-corrected chi connectivity index (χ1v) is 15.2. The van der Waals surface area contributed by atoms with Crippen molar-refractivity contribution in [3.05, 3.63) is 29.3 Å². The number of carbonyl (C=O) groups excluding carboxylic acids is 1. The second-order valence-corrected chi connectivity index (χ2v) is 12.0. The number of nitrogens with one attached hydrogen (secondary N) is 2. The fraction of sp³-hybridized carbons (Fsp3) is 0.710. The molecular weight excluding hydrogens is 540 g/mol. The predicted octanol–water partition coefficient (Wildman–Crippen LogP) is 2.86. The molecule has 0 spiro atoms. The molecule has 0 unspecified atom stereocenters. The van der Waals surface area contributed by atoms with Crippen LogP contribution in [0.2, 0.25) is 0 Å². The molecule has 0 aliphatic carbocycles. The van der Waals surface area contributed by atoms with Crippen molar-refractivity contribution in [1.29, 1.82) is 0 Å². The molecule has 1 atom stereocenters. The second kappa shape index (κ2) is 17.9. The number of carboxylic acid groups (broad SMARTS) is 1. The summed E-state index contributed by atoms with van der Waals surface area (Å²) in [7, 11) is 0. The molecule has 3 N–H and O–H groups in total. The molecule has 11 heteroatoms. The lowest BCUT2D eigenvalue weighted by molar-refractivity contribution is -0.145. The second-order valence-electron chi connectivity index (χ2n) is 12.0. The minimum absolute atomic E-state index is 0.159. The van der Waals surface area contributed by atoms with E-state index in [0.29, 0.717) is 59.2 Å². The molecule has 0 saturated carbocycles. The number of ether oxygens (including phenoxy) is 4. The third-order valence-electron chi connectivity index (χ3n) is 7.11. The van der Waals surface area contributed by atoms with Gasteiger partial charge in [0.25, 0.3) is 0 Å². The first kappa shape index (κ1) is 33.6. The SMILES string of the molecule is CC(C)(C)CCOCCOCCOCCN1Cc2cc(OCCCNC3=NCCCN3)ccc2C[C@@H](CC(=O)O)C1=O. The van der Waals surface area contributed by atoms with E-state index in [1.54, 1.807) is 4.90 Å². The third-order valence-corrected chi connectivity index (χ3v) is 7.11. The van der Waals surface area contributed by atoms with Crippen LogP contribution in [-0.4, -0.2) is 100 Å². The Morgan fingerprint density at radius 2 is 1.81 bits per heavy atom. The molecule has 2 aliphatic rings. The van der Waals surface area contributed by atoms with Gasteiger partial charge in [0.05, 0.1) is 52.0 Å². The first-order chi connectivity index (χ1) is 20.2. The highest BCUT2D eigenvalue weighted by Gasteiger charge is 2.31. The molecule has 2 heterocycles. The monoisotopic (exact) mass is 590 g/mol. The number of carboxylic acids is 1. The van der Waals surface area contributed by atoms with Gasteiger partial charge in [-0.1, -0.05) is 26.8 Å². The summed E-state index contributed by atoms with van der Waals surface area (Å²) in [6.45, 7) is 13.4. The fourth-order valence-corrected chi connectivity index (χ4v) is 4.71. The number of carbonyl (C=O) groups is 2. The van der Waals surface area contributed by atoms with Gasteiger partial charge in [0.15, 0.2) is 5.96 Å². The van der Waals surface area contributed by atoms with Crippen LogP contribution in [0.1, 0.15) is 57.6 Å². The van der Waals surface area contributed by atoms with Crippen LogP contribution < -0.4 is 15.4 Å². The average Bonchev–Trinajstić information content (AvgIpc) is 3.07. The van der Waals surface area contributed by atoms with E-state index in [1.807, 2.05) is 18.2 Å². The maximum Gasteiger partial charge on any atom is 0.304 e. The Kier molecular flexibility index (Phi) is 14.3. The Hall–Kier alpha value is -2.89. The molecule has 0 fully saturated rings. The van der Waals surface area contributed by atoms with Crippen LogP contribution in [0, 0.1) is 11.3 Å². The molecule has 1 aromatic carbocycles. The summed E-state index contributed by atoms with van der Waals surface area (Å²) in [5, 5.41) is 16.0. The molecule has 1 aromatic rings. The van der Waals surface area contributed by atoms with E-state index in [1.165, 1.54) is 0 Å². The van der Waals surface area contributed by atoms with Gasteiger partial charge < -0.3 is 39.6 Å². The van der Waals surface area contributed by atoms with Crippen LogP contribution in [0.3, 0.4) is 0 Å². The van der Waals surface area contributed by atoms with Crippen LogP contribution in [-0.2, 0) is 36.8 Å². The van der Waals surface area contributed by atoms with Crippen LogP contribution in [0.4, 0.5) is 0 Å². The lowest BCUT2D eigenvalue weighted by Crippen LogP contribution is -2.41. The summed E-state index contributed by atoms with van der Waals surface area (Å²) in [5.74, 6) is -0.162. The number of nitrogens with zero attached hydrogens (tertiary/aromatic N) is 2. The van der Waals surface area contributed by atoms with Gasteiger partial charge in [-0.2, -0.15) is 0 Å². The summed E-state index contributed by atoms with van der Waals surface area (Å²) in [6.07, 6.45) is 3.07. The van der Waals surface area contributed by atoms with Crippen LogP contribution in [0.15, 0.2) is 23.2 Å². The molecule has 236 valence electrons. The molecule has 0 aromatic heterocycles. The number of guanidine groups is 1. The highest BCUT2D eigenvalue weighted by molar-refractivity contribution is 5.84. The number of rotatable bonds is 18. The van der Waals surface area contributed by atoms with Gasteiger partial charge in [-0.15, -0.1) is 0 Å². The summed E-state index contributed by atoms with van der Waals surface area (Å²) < 4.78 is 22.9. The number of hydrogen-bond acceptors (Lipinski definition) is 9. The maximum absolute atomic E-state index is 13.3. The smallest absolute Gasteiger partial charge is 0.304 e. The number of fused-ring (bicyclic) bond motifs is 1. The zero-order chi connectivity index (χ0) is 30.2. The van der Waals surface area contributed by atoms with Gasteiger partial charge in [0.2, 0.25) is 5.91 Å². The van der Waals surface area contributed by atoms with Crippen molar-refractivity contribution >= 4 is 17.8 Å². The average molecular weight is 591 g/mol. The minimum atomic E-state index is -0.976. The van der Waals surface area contributed by atoms with E-state index in [4.69, 9.17) is 18.9 Å². The molecule has 42 heavy (non-hydrogen) atoms. The normalized spacial score (nSPS) is 17.2. The van der Waals surface area contributed by atoms with Crippen LogP contribution in [0.5, 0.6) is 5.75 Å². The molecule has 2 aliphatic heterocycles. The topological polar surface area (TPSA) is 131 Å². The fourth-order valence-electron chi connectivity index (χ4n) is 4.71. The molecule has 0 saturated heterocycles. The Morgan fingerprint density at radius 3 is 2.50 bits per heavy atom. The van der Waals surface area contributed by atoms with E-state index in [9.17, 15) is 14.7 Å². The molecule has 0 bridgehead atoms. The van der Waals surface area contributed by atoms with Crippen molar-refractivity contribution < 1.29 is 33.6 Å². The zero-order valence-corrected chi connectivity index (χ0v) is 25.6. The van der Waals surface area contributed by atoms with Crippen molar-refractivity contribution in [3.63, 3.8) is 0 Å². The Bertz CT molecular complexity index is 1010. The molecule has 11 nitrogen and oxygen atoms in total. The molecule has 3 rings (SSSR count). The predicted molar refractivity (Wildman–Crippen MR) is 161 cm³/mol. The largest absolute Gasteiger partial charge is 0.494 e. The van der Waals surface area contributed by atoms with Gasteiger partial charge in [-0.25, -0.2) is 0 Å². The summed E-state index contributed by atoms with van der Waals surface area (Å²) in [6, 6.07) is 5.82. The first-order valence-electron chi connectivity index (χ1n) is 15.2. The lowest BCUT2D eigenvalue weighted by atomic mass is 9.93. The van der Waals surface area contributed by atoms with E-state index < -0.39 is 11.9 Å². The number of aliphatic carboxylic acids is 1. The number of hydrogen-bond donors (Lipinski definition) is 3. The van der Waals surface area contributed by atoms with Crippen molar-refractivity contribution in [2.24, 2.45) is 16.3 Å². The number of aliphatic imine (C=N–C) groups is 1. The van der Waals surface area contributed by atoms with Crippen molar-refractivity contribution in [3.8, 4) is 5.75 Å². The molecule has 0 radical (unpaired) electrons. The van der Waals surface area contributed by atoms with Gasteiger partial charge in [-0.3, -0.25) is 14.6 Å². The number of amides is 1. The van der Waals surface area contributed by atoms with Crippen LogP contribution >= 0.6 is 0 Å². The molecule has 1 amide bonds. The Balaban J connectivity index is 1.42. The van der Waals surface area contributed by atoms with Gasteiger partial charge in [0, 0.05) is 39.3 Å². The van der Waals surface area contributed by atoms with Crippen molar-refractivity contribution in [2.45, 2.75) is 59.4 Å². The molecular formula is C31H50N4O7. The van der Waals surface area contributed by atoms with E-state index in [-0.39, 0.29) is 17.7 Å². The Labute approximate surface area is 250 Å². The number of benzene rings is 1. The zero-order valence-electron chi connectivity index (χ0n) is 25.6. The lowest BCUT2D eigenvalue weighted by Gasteiger charge is -2.24. The minimum Gasteiger partial charge on any atom is -0.494 e. The van der Waals surface area contributed by atoms with E-state index in [2.05, 4.69) is 36.4 Å². The third kappa shape index (κ3) is 13.0. The quantitative estimate of drug-likeness (QED) is 0.221. The van der Waals surface area contributed by atoms with Gasteiger partial charge >= 0.3 is 5.97 Å². The summed E-state index contributed by atoms with van der Waals surface area (Å²) in [4.78, 5) is 30.9. The van der Waals surface area contributed by atoms with Gasteiger partial charge in [-0.05, 0) is 54.4 Å². The summed E-state index contributed by atoms with van der Waals surface area (Å²) >= 11 is 0. The van der Waals surface area contributed by atoms with Crippen molar-refractivity contribution in [1.82, 2.24) is 15.5 Å². The van der Waals surface area contributed by atoms with Crippen LogP contribution in [0.25, 0.3) is 0 Å².